The number of carbonyl (C=O) groups excluding carboxylic acids is 1. The SMILES string of the molecule is N#Cc1ccc(C#CCCNC(=O)OCc2ccccc2)cc1C(F)(F)F. The number of carbonyl (C=O) groups is 1. The van der Waals surface area contributed by atoms with E-state index in [0.717, 1.165) is 17.7 Å². The van der Waals surface area contributed by atoms with Crippen LogP contribution in [0.5, 0.6) is 0 Å². The molecule has 2 rings (SSSR count). The molecule has 27 heavy (non-hydrogen) atoms. The highest BCUT2D eigenvalue weighted by atomic mass is 19.4. The highest BCUT2D eigenvalue weighted by Crippen LogP contribution is 2.32. The Morgan fingerprint density at radius 2 is 1.89 bits per heavy atom. The third-order valence-electron chi connectivity index (χ3n) is 3.41. The maximum Gasteiger partial charge on any atom is 0.417 e. The summed E-state index contributed by atoms with van der Waals surface area (Å²) in [6.45, 7) is 0.340. The summed E-state index contributed by atoms with van der Waals surface area (Å²) >= 11 is 0. The Hall–Kier alpha value is -3.45. The molecule has 7 heteroatoms. The highest BCUT2D eigenvalue weighted by molar-refractivity contribution is 5.67. The molecule has 138 valence electrons. The van der Waals surface area contributed by atoms with Crippen LogP contribution in [0.2, 0.25) is 0 Å². The Kier molecular flexibility index (Phi) is 6.85. The summed E-state index contributed by atoms with van der Waals surface area (Å²) in [5.74, 6) is 5.26. The molecule has 0 aliphatic rings. The van der Waals surface area contributed by atoms with Crippen LogP contribution in [0.4, 0.5) is 18.0 Å². The summed E-state index contributed by atoms with van der Waals surface area (Å²) in [6.07, 6.45) is -4.98. The van der Waals surface area contributed by atoms with Crippen molar-refractivity contribution in [3.63, 3.8) is 0 Å². The number of ether oxygens (including phenoxy) is 1. The molecule has 0 aromatic heterocycles. The lowest BCUT2D eigenvalue weighted by Gasteiger charge is -2.08. The molecular weight excluding hydrogens is 357 g/mol. The second-order valence-corrected chi connectivity index (χ2v) is 5.41. The molecule has 0 atom stereocenters. The Balaban J connectivity index is 1.82. The number of alkyl halides is 3. The van der Waals surface area contributed by atoms with Gasteiger partial charge >= 0.3 is 12.3 Å². The van der Waals surface area contributed by atoms with Crippen LogP contribution in [0.25, 0.3) is 0 Å². The summed E-state index contributed by atoms with van der Waals surface area (Å²) in [7, 11) is 0. The van der Waals surface area contributed by atoms with Gasteiger partial charge in [-0.25, -0.2) is 4.79 Å². The van der Waals surface area contributed by atoms with Crippen molar-refractivity contribution in [2.45, 2.75) is 19.2 Å². The van der Waals surface area contributed by atoms with Gasteiger partial charge in [0.2, 0.25) is 0 Å². The van der Waals surface area contributed by atoms with Crippen molar-refractivity contribution < 1.29 is 22.7 Å². The van der Waals surface area contributed by atoms with Crippen molar-refractivity contribution in [3.8, 4) is 17.9 Å². The van der Waals surface area contributed by atoms with E-state index in [1.54, 1.807) is 0 Å². The van der Waals surface area contributed by atoms with E-state index < -0.39 is 23.4 Å². The maximum absolute atomic E-state index is 12.9. The van der Waals surface area contributed by atoms with Crippen LogP contribution in [0.15, 0.2) is 48.5 Å². The molecule has 2 aromatic rings. The average molecular weight is 372 g/mol. The monoisotopic (exact) mass is 372 g/mol. The molecule has 0 fully saturated rings. The van der Waals surface area contributed by atoms with Crippen LogP contribution in [0.1, 0.15) is 28.7 Å². The Morgan fingerprint density at radius 3 is 2.56 bits per heavy atom. The van der Waals surface area contributed by atoms with Gasteiger partial charge in [0.25, 0.3) is 0 Å². The highest BCUT2D eigenvalue weighted by Gasteiger charge is 2.33. The van der Waals surface area contributed by atoms with Crippen LogP contribution >= 0.6 is 0 Å². The van der Waals surface area contributed by atoms with E-state index in [9.17, 15) is 18.0 Å². The predicted molar refractivity (Wildman–Crippen MR) is 92.3 cm³/mol. The molecule has 0 aliphatic carbocycles. The number of nitriles is 1. The molecule has 4 nitrogen and oxygen atoms in total. The molecule has 0 radical (unpaired) electrons. The molecule has 1 N–H and O–H groups in total. The van der Waals surface area contributed by atoms with Crippen molar-refractivity contribution in [2.75, 3.05) is 6.54 Å². The number of benzene rings is 2. The lowest BCUT2D eigenvalue weighted by Crippen LogP contribution is -2.24. The molecule has 0 heterocycles. The van der Waals surface area contributed by atoms with Crippen LogP contribution < -0.4 is 5.32 Å². The summed E-state index contributed by atoms with van der Waals surface area (Å²) < 4.78 is 43.7. The van der Waals surface area contributed by atoms with Gasteiger partial charge in [-0.2, -0.15) is 18.4 Å². The van der Waals surface area contributed by atoms with Gasteiger partial charge in [-0.1, -0.05) is 42.2 Å². The van der Waals surface area contributed by atoms with Gasteiger partial charge in [0.05, 0.1) is 17.2 Å². The van der Waals surface area contributed by atoms with Crippen LogP contribution in [-0.2, 0) is 17.5 Å². The quantitative estimate of drug-likeness (QED) is 0.645. The number of hydrogen-bond acceptors (Lipinski definition) is 3. The first-order chi connectivity index (χ1) is 12.9. The number of hydrogen-bond donors (Lipinski definition) is 1. The fourth-order valence-corrected chi connectivity index (χ4v) is 2.12. The normalized spacial score (nSPS) is 10.3. The number of alkyl carbamates (subject to hydrolysis) is 1. The molecule has 0 bridgehead atoms. The number of nitrogens with zero attached hydrogens (tertiary/aromatic N) is 1. The van der Waals surface area contributed by atoms with Crippen LogP contribution in [-0.4, -0.2) is 12.6 Å². The van der Waals surface area contributed by atoms with Gasteiger partial charge in [-0.15, -0.1) is 0 Å². The molecule has 1 amide bonds. The third-order valence-corrected chi connectivity index (χ3v) is 3.41. The van der Waals surface area contributed by atoms with E-state index in [2.05, 4.69) is 17.2 Å². The van der Waals surface area contributed by atoms with E-state index in [4.69, 9.17) is 10.00 Å². The average Bonchev–Trinajstić information content (AvgIpc) is 2.66. The van der Waals surface area contributed by atoms with Gasteiger partial charge in [-0.3, -0.25) is 0 Å². The van der Waals surface area contributed by atoms with E-state index in [1.165, 1.54) is 12.1 Å². The van der Waals surface area contributed by atoms with Crippen molar-refractivity contribution in [2.24, 2.45) is 0 Å². The molecule has 0 saturated carbocycles. The minimum Gasteiger partial charge on any atom is -0.445 e. The summed E-state index contributed by atoms with van der Waals surface area (Å²) in [6, 6.07) is 14.0. The number of nitrogens with one attached hydrogen (secondary N) is 1. The fraction of sp³-hybridized carbons (Fsp3) is 0.200. The van der Waals surface area contributed by atoms with Gasteiger partial charge in [-0.05, 0) is 23.8 Å². The molecule has 0 unspecified atom stereocenters. The molecule has 0 spiro atoms. The molecule has 0 saturated heterocycles. The largest absolute Gasteiger partial charge is 0.445 e. The summed E-state index contributed by atoms with van der Waals surface area (Å²) in [5, 5.41) is 11.3. The maximum atomic E-state index is 12.9. The van der Waals surface area contributed by atoms with Crippen LogP contribution in [0.3, 0.4) is 0 Å². The van der Waals surface area contributed by atoms with E-state index in [1.807, 2.05) is 30.3 Å². The van der Waals surface area contributed by atoms with E-state index in [-0.39, 0.29) is 25.1 Å². The second-order valence-electron chi connectivity index (χ2n) is 5.41. The Morgan fingerprint density at radius 1 is 1.15 bits per heavy atom. The topological polar surface area (TPSA) is 62.1 Å². The molecule has 2 aromatic carbocycles. The minimum absolute atomic E-state index is 0.143. The first kappa shape index (κ1) is 19.9. The Labute approximate surface area is 154 Å². The van der Waals surface area contributed by atoms with Gasteiger partial charge < -0.3 is 10.1 Å². The molecule has 0 aliphatic heterocycles. The second kappa shape index (κ2) is 9.30. The molecular formula is C20H15F3N2O2. The van der Waals surface area contributed by atoms with Gasteiger partial charge in [0.1, 0.15) is 6.61 Å². The number of halogens is 3. The zero-order valence-corrected chi connectivity index (χ0v) is 14.1. The van der Waals surface area contributed by atoms with E-state index >= 15 is 0 Å². The lowest BCUT2D eigenvalue weighted by molar-refractivity contribution is -0.137. The predicted octanol–water partition coefficient (Wildman–Crippen LogP) is 4.25. The fourth-order valence-electron chi connectivity index (χ4n) is 2.12. The zero-order chi connectivity index (χ0) is 19.7. The summed E-state index contributed by atoms with van der Waals surface area (Å²) in [4.78, 5) is 11.5. The lowest BCUT2D eigenvalue weighted by atomic mass is 10.0. The zero-order valence-electron chi connectivity index (χ0n) is 14.1. The van der Waals surface area contributed by atoms with Crippen molar-refractivity contribution in [1.29, 1.82) is 5.26 Å². The summed E-state index contributed by atoms with van der Waals surface area (Å²) in [5.41, 5.74) is -0.461. The minimum atomic E-state index is -4.62. The van der Waals surface area contributed by atoms with Gasteiger partial charge in [0.15, 0.2) is 0 Å². The van der Waals surface area contributed by atoms with Crippen molar-refractivity contribution in [1.82, 2.24) is 5.32 Å². The first-order valence-corrected chi connectivity index (χ1v) is 7.95. The third kappa shape index (κ3) is 6.41. The standard InChI is InChI=1S/C20H15F3N2O2/c21-20(22,23)18-12-15(9-10-17(18)13-24)6-4-5-11-25-19(26)27-14-16-7-2-1-3-8-16/h1-3,7-10,12H,5,11,14H2,(H,25,26). The first-order valence-electron chi connectivity index (χ1n) is 7.95. The number of amides is 1. The van der Waals surface area contributed by atoms with Crippen molar-refractivity contribution in [3.05, 3.63) is 70.8 Å². The van der Waals surface area contributed by atoms with Gasteiger partial charge in [0, 0.05) is 18.5 Å². The smallest absolute Gasteiger partial charge is 0.417 e. The van der Waals surface area contributed by atoms with Crippen LogP contribution in [0, 0.1) is 23.2 Å². The number of rotatable bonds is 4. The van der Waals surface area contributed by atoms with E-state index in [0.29, 0.717) is 0 Å². The van der Waals surface area contributed by atoms with Crippen molar-refractivity contribution >= 4 is 6.09 Å². The Bertz CT molecular complexity index is 891.